The molecule has 2 aromatic rings. The monoisotopic (exact) mass is 373 g/mol. The van der Waals surface area contributed by atoms with Crippen molar-refractivity contribution < 1.29 is 8.42 Å². The summed E-state index contributed by atoms with van der Waals surface area (Å²) < 4.78 is 27.8. The largest absolute Gasteiger partial charge is 0.357 e. The first-order valence-corrected chi connectivity index (χ1v) is 10.8. The summed E-state index contributed by atoms with van der Waals surface area (Å²) in [7, 11) is -3.52. The van der Waals surface area contributed by atoms with Crippen LogP contribution in [0.25, 0.3) is 0 Å². The summed E-state index contributed by atoms with van der Waals surface area (Å²) in [4.78, 5) is 6.95. The van der Waals surface area contributed by atoms with E-state index in [1.54, 1.807) is 18.3 Å². The van der Waals surface area contributed by atoms with Gasteiger partial charge < -0.3 is 4.90 Å². The van der Waals surface area contributed by atoms with E-state index in [1.165, 1.54) is 12.8 Å². The van der Waals surface area contributed by atoms with E-state index >= 15 is 0 Å². The predicted octanol–water partition coefficient (Wildman–Crippen LogP) is 3.67. The molecule has 1 fully saturated rings. The molecular weight excluding hydrogens is 346 g/mol. The Balaban J connectivity index is 1.67. The Labute approximate surface area is 156 Å². The van der Waals surface area contributed by atoms with E-state index in [9.17, 15) is 8.42 Å². The summed E-state index contributed by atoms with van der Waals surface area (Å²) in [6.07, 6.45) is 5.15. The molecule has 0 aliphatic carbocycles. The molecule has 1 atom stereocenters. The van der Waals surface area contributed by atoms with E-state index in [-0.39, 0.29) is 6.54 Å². The zero-order valence-electron chi connectivity index (χ0n) is 15.5. The minimum Gasteiger partial charge on any atom is -0.357 e. The molecule has 1 aromatic carbocycles. The number of hydrogen-bond donors (Lipinski definition) is 1. The van der Waals surface area contributed by atoms with Gasteiger partial charge in [0.2, 0.25) is 10.0 Å². The van der Waals surface area contributed by atoms with Gasteiger partial charge in [-0.1, -0.05) is 26.0 Å². The molecule has 1 aromatic heterocycles. The smallest absolute Gasteiger partial charge is 0.240 e. The Morgan fingerprint density at radius 2 is 1.85 bits per heavy atom. The molecule has 1 unspecified atom stereocenters. The van der Waals surface area contributed by atoms with Crippen LogP contribution in [0.5, 0.6) is 0 Å². The Bertz CT molecular complexity index is 828. The second-order valence-electron chi connectivity index (χ2n) is 6.92. The van der Waals surface area contributed by atoms with Gasteiger partial charge in [-0.15, -0.1) is 0 Å². The van der Waals surface area contributed by atoms with Gasteiger partial charge in [0.25, 0.3) is 0 Å². The highest BCUT2D eigenvalue weighted by atomic mass is 32.2. The Morgan fingerprint density at radius 1 is 1.15 bits per heavy atom. The lowest BCUT2D eigenvalue weighted by Crippen LogP contribution is -2.24. The van der Waals surface area contributed by atoms with E-state index in [2.05, 4.69) is 28.5 Å². The van der Waals surface area contributed by atoms with Gasteiger partial charge >= 0.3 is 0 Å². The van der Waals surface area contributed by atoms with Crippen LogP contribution < -0.4 is 9.62 Å². The molecule has 140 valence electrons. The van der Waals surface area contributed by atoms with Gasteiger partial charge in [0.05, 0.1) is 4.90 Å². The third kappa shape index (κ3) is 4.43. The summed E-state index contributed by atoms with van der Waals surface area (Å²) in [5, 5.41) is 0. The van der Waals surface area contributed by atoms with Crippen molar-refractivity contribution >= 4 is 15.8 Å². The molecule has 0 amide bonds. The number of benzene rings is 1. The Kier molecular flexibility index (Phi) is 5.94. The zero-order valence-corrected chi connectivity index (χ0v) is 16.3. The quantitative estimate of drug-likeness (QED) is 0.804. The van der Waals surface area contributed by atoms with Crippen LogP contribution in [0.1, 0.15) is 50.2 Å². The number of nitrogens with zero attached hydrogens (tertiary/aromatic N) is 2. The standard InChI is InChI=1S/C20H27N3O2S/c1-3-16(2)18-6-8-19(9-7-18)26(24,25)22-15-17-10-11-21-20(14-17)23-12-4-5-13-23/h6-11,14,16,22H,3-5,12-13,15H2,1-2H3. The van der Waals surface area contributed by atoms with Crippen LogP contribution in [0.15, 0.2) is 47.5 Å². The molecule has 0 saturated carbocycles. The maximum atomic E-state index is 12.6. The lowest BCUT2D eigenvalue weighted by atomic mass is 9.99. The van der Waals surface area contributed by atoms with E-state index in [4.69, 9.17) is 0 Å². The van der Waals surface area contributed by atoms with Crippen LogP contribution in [0.4, 0.5) is 5.82 Å². The molecule has 0 spiro atoms. The highest BCUT2D eigenvalue weighted by Gasteiger charge is 2.16. The van der Waals surface area contributed by atoms with E-state index in [1.807, 2.05) is 24.3 Å². The topological polar surface area (TPSA) is 62.3 Å². The molecule has 26 heavy (non-hydrogen) atoms. The second kappa shape index (κ2) is 8.18. The van der Waals surface area contributed by atoms with Crippen molar-refractivity contribution in [2.75, 3.05) is 18.0 Å². The van der Waals surface area contributed by atoms with E-state index in [0.717, 1.165) is 36.5 Å². The van der Waals surface area contributed by atoms with Gasteiger partial charge in [-0.25, -0.2) is 18.1 Å². The molecule has 1 aliphatic rings. The maximum absolute atomic E-state index is 12.6. The Morgan fingerprint density at radius 3 is 2.50 bits per heavy atom. The van der Waals surface area contributed by atoms with Crippen molar-refractivity contribution in [2.45, 2.75) is 50.5 Å². The summed E-state index contributed by atoms with van der Waals surface area (Å²) in [6.45, 7) is 6.57. The van der Waals surface area contributed by atoms with Crippen molar-refractivity contribution in [1.82, 2.24) is 9.71 Å². The van der Waals surface area contributed by atoms with Crippen molar-refractivity contribution in [3.63, 3.8) is 0 Å². The zero-order chi connectivity index (χ0) is 18.6. The summed E-state index contributed by atoms with van der Waals surface area (Å²) in [6, 6.07) is 11.0. The molecule has 1 saturated heterocycles. The van der Waals surface area contributed by atoms with Crippen LogP contribution >= 0.6 is 0 Å². The van der Waals surface area contributed by atoms with Crippen LogP contribution in [0, 0.1) is 0 Å². The van der Waals surface area contributed by atoms with Crippen molar-refractivity contribution in [3.05, 3.63) is 53.7 Å². The highest BCUT2D eigenvalue weighted by molar-refractivity contribution is 7.89. The number of sulfonamides is 1. The number of rotatable bonds is 7. The third-order valence-electron chi connectivity index (χ3n) is 5.08. The van der Waals surface area contributed by atoms with E-state index < -0.39 is 10.0 Å². The number of aromatic nitrogens is 1. The average molecular weight is 374 g/mol. The summed E-state index contributed by atoms with van der Waals surface area (Å²) in [5.74, 6) is 1.36. The van der Waals surface area contributed by atoms with Gasteiger partial charge in [0, 0.05) is 25.8 Å². The molecule has 0 bridgehead atoms. The fourth-order valence-corrected chi connectivity index (χ4v) is 4.18. The first kappa shape index (κ1) is 18.9. The molecule has 5 nitrogen and oxygen atoms in total. The van der Waals surface area contributed by atoms with Crippen molar-refractivity contribution in [2.24, 2.45) is 0 Å². The van der Waals surface area contributed by atoms with Crippen LogP contribution in [0.3, 0.4) is 0 Å². The van der Waals surface area contributed by atoms with Gasteiger partial charge in [0.15, 0.2) is 0 Å². The minimum absolute atomic E-state index is 0.263. The van der Waals surface area contributed by atoms with E-state index in [0.29, 0.717) is 10.8 Å². The average Bonchev–Trinajstić information content (AvgIpc) is 3.21. The van der Waals surface area contributed by atoms with Gasteiger partial charge in [-0.3, -0.25) is 0 Å². The molecule has 3 rings (SSSR count). The lowest BCUT2D eigenvalue weighted by Gasteiger charge is -2.17. The van der Waals surface area contributed by atoms with Crippen molar-refractivity contribution in [1.29, 1.82) is 0 Å². The van der Waals surface area contributed by atoms with Crippen LogP contribution in [0.2, 0.25) is 0 Å². The predicted molar refractivity (Wildman–Crippen MR) is 105 cm³/mol. The maximum Gasteiger partial charge on any atom is 0.240 e. The third-order valence-corrected chi connectivity index (χ3v) is 6.50. The molecule has 6 heteroatoms. The first-order chi connectivity index (χ1) is 12.5. The fourth-order valence-electron chi connectivity index (χ4n) is 3.16. The van der Waals surface area contributed by atoms with Gasteiger partial charge in [-0.05, 0) is 60.6 Å². The SMILES string of the molecule is CCC(C)c1ccc(S(=O)(=O)NCc2ccnc(N3CCCC3)c2)cc1. The minimum atomic E-state index is -3.52. The van der Waals surface area contributed by atoms with Crippen molar-refractivity contribution in [3.8, 4) is 0 Å². The normalized spacial score (nSPS) is 16.0. The summed E-state index contributed by atoms with van der Waals surface area (Å²) >= 11 is 0. The molecular formula is C20H27N3O2S. The second-order valence-corrected chi connectivity index (χ2v) is 8.69. The number of anilines is 1. The lowest BCUT2D eigenvalue weighted by molar-refractivity contribution is 0.581. The molecule has 1 N–H and O–H groups in total. The molecule has 2 heterocycles. The number of nitrogens with one attached hydrogen (secondary N) is 1. The fraction of sp³-hybridized carbons (Fsp3) is 0.450. The Hall–Kier alpha value is -1.92. The summed E-state index contributed by atoms with van der Waals surface area (Å²) in [5.41, 5.74) is 2.08. The van der Waals surface area contributed by atoms with Crippen LogP contribution in [-0.2, 0) is 16.6 Å². The number of pyridine rings is 1. The highest BCUT2D eigenvalue weighted by Crippen LogP contribution is 2.21. The molecule has 0 radical (unpaired) electrons. The van der Waals surface area contributed by atoms with Gasteiger partial charge in [0.1, 0.15) is 5.82 Å². The van der Waals surface area contributed by atoms with Gasteiger partial charge in [-0.2, -0.15) is 0 Å². The van der Waals surface area contributed by atoms with Crippen LogP contribution in [-0.4, -0.2) is 26.5 Å². The number of hydrogen-bond acceptors (Lipinski definition) is 4. The first-order valence-electron chi connectivity index (χ1n) is 9.29. The molecule has 1 aliphatic heterocycles.